The highest BCUT2D eigenvalue weighted by molar-refractivity contribution is 5.65. The van der Waals surface area contributed by atoms with Crippen LogP contribution in [0.5, 0.6) is 5.75 Å². The SMILES string of the molecule is COc1ccc(C[C@H](NC(=O)O)c2cc(CCO)no2)cc1. The number of carboxylic acid groups (broad SMARTS) is 1. The Hall–Kier alpha value is -2.54. The Kier molecular flexibility index (Phi) is 5.37. The second-order valence-electron chi connectivity index (χ2n) is 4.75. The number of rotatable bonds is 7. The smallest absolute Gasteiger partial charge is 0.405 e. The summed E-state index contributed by atoms with van der Waals surface area (Å²) in [6.45, 7) is -0.0402. The van der Waals surface area contributed by atoms with Crippen molar-refractivity contribution in [2.45, 2.75) is 18.9 Å². The third kappa shape index (κ3) is 4.23. The number of amides is 1. The number of benzene rings is 1. The molecule has 0 aliphatic rings. The van der Waals surface area contributed by atoms with Gasteiger partial charge in [0, 0.05) is 25.5 Å². The van der Waals surface area contributed by atoms with Gasteiger partial charge >= 0.3 is 6.09 Å². The topological polar surface area (TPSA) is 105 Å². The highest BCUT2D eigenvalue weighted by Gasteiger charge is 2.20. The number of hydrogen-bond acceptors (Lipinski definition) is 5. The Morgan fingerprint density at radius 1 is 1.41 bits per heavy atom. The zero-order valence-corrected chi connectivity index (χ0v) is 12.2. The molecule has 1 aromatic heterocycles. The predicted octanol–water partition coefficient (Wildman–Crippen LogP) is 1.77. The van der Waals surface area contributed by atoms with Gasteiger partial charge in [-0.1, -0.05) is 17.3 Å². The minimum absolute atomic E-state index is 0.0402. The monoisotopic (exact) mass is 306 g/mol. The Balaban J connectivity index is 2.15. The lowest BCUT2D eigenvalue weighted by atomic mass is 10.0. The Morgan fingerprint density at radius 2 is 2.14 bits per heavy atom. The lowest BCUT2D eigenvalue weighted by molar-refractivity contribution is 0.186. The minimum atomic E-state index is -1.14. The van der Waals surface area contributed by atoms with Gasteiger partial charge in [0.1, 0.15) is 5.75 Å². The van der Waals surface area contributed by atoms with E-state index in [1.165, 1.54) is 0 Å². The molecule has 0 aliphatic heterocycles. The molecule has 1 aromatic carbocycles. The van der Waals surface area contributed by atoms with Crippen molar-refractivity contribution in [2.75, 3.05) is 13.7 Å². The fourth-order valence-corrected chi connectivity index (χ4v) is 2.09. The number of aromatic nitrogens is 1. The summed E-state index contributed by atoms with van der Waals surface area (Å²) in [7, 11) is 1.58. The highest BCUT2D eigenvalue weighted by atomic mass is 16.5. The summed E-state index contributed by atoms with van der Waals surface area (Å²) in [5.41, 5.74) is 1.52. The van der Waals surface area contributed by atoms with E-state index >= 15 is 0 Å². The molecule has 0 saturated heterocycles. The third-order valence-electron chi connectivity index (χ3n) is 3.19. The molecule has 7 heteroatoms. The van der Waals surface area contributed by atoms with Crippen LogP contribution in [-0.2, 0) is 12.8 Å². The standard InChI is InChI=1S/C15H18N2O5/c1-21-12-4-2-10(3-5-12)8-13(16-15(19)20)14-9-11(6-7-18)17-22-14/h2-5,9,13,16,18H,6-8H2,1H3,(H,19,20)/t13-/m0/s1. The third-order valence-corrected chi connectivity index (χ3v) is 3.19. The summed E-state index contributed by atoms with van der Waals surface area (Å²) in [6.07, 6.45) is -0.353. The van der Waals surface area contributed by atoms with Crippen molar-refractivity contribution in [2.24, 2.45) is 0 Å². The number of ether oxygens (including phenoxy) is 1. The molecular weight excluding hydrogens is 288 g/mol. The molecule has 0 spiro atoms. The molecule has 118 valence electrons. The number of aliphatic hydroxyl groups is 1. The van der Waals surface area contributed by atoms with Crippen LogP contribution in [0.1, 0.15) is 23.1 Å². The zero-order chi connectivity index (χ0) is 15.9. The quantitative estimate of drug-likeness (QED) is 0.720. The first-order valence-electron chi connectivity index (χ1n) is 6.81. The van der Waals surface area contributed by atoms with E-state index < -0.39 is 12.1 Å². The van der Waals surface area contributed by atoms with Crippen LogP contribution in [-0.4, -0.2) is 35.2 Å². The molecule has 0 radical (unpaired) electrons. The van der Waals surface area contributed by atoms with Gasteiger partial charge in [-0.05, 0) is 17.7 Å². The summed E-state index contributed by atoms with van der Waals surface area (Å²) in [5.74, 6) is 1.15. The zero-order valence-electron chi connectivity index (χ0n) is 12.2. The fraction of sp³-hybridized carbons (Fsp3) is 0.333. The second kappa shape index (κ2) is 7.46. The lowest BCUT2D eigenvalue weighted by Crippen LogP contribution is -2.28. The molecule has 2 rings (SSSR count). The predicted molar refractivity (Wildman–Crippen MR) is 77.9 cm³/mol. The van der Waals surface area contributed by atoms with Gasteiger partial charge in [-0.3, -0.25) is 0 Å². The average Bonchev–Trinajstić information content (AvgIpc) is 2.96. The highest BCUT2D eigenvalue weighted by Crippen LogP contribution is 2.21. The van der Waals surface area contributed by atoms with Gasteiger partial charge in [-0.2, -0.15) is 0 Å². The summed E-state index contributed by atoms with van der Waals surface area (Å²) < 4.78 is 10.3. The normalized spacial score (nSPS) is 11.9. The van der Waals surface area contributed by atoms with E-state index in [1.54, 1.807) is 13.2 Å². The summed E-state index contributed by atoms with van der Waals surface area (Å²) in [6, 6.07) is 8.45. The summed E-state index contributed by atoms with van der Waals surface area (Å²) in [4.78, 5) is 11.0. The first-order chi connectivity index (χ1) is 10.6. The maximum absolute atomic E-state index is 11.0. The van der Waals surface area contributed by atoms with Crippen LogP contribution in [0, 0.1) is 0 Å². The van der Waals surface area contributed by atoms with Gasteiger partial charge in [-0.15, -0.1) is 0 Å². The minimum Gasteiger partial charge on any atom is -0.497 e. The molecule has 1 amide bonds. The van der Waals surface area contributed by atoms with Gasteiger partial charge < -0.3 is 24.8 Å². The second-order valence-corrected chi connectivity index (χ2v) is 4.75. The number of nitrogens with zero attached hydrogens (tertiary/aromatic N) is 1. The largest absolute Gasteiger partial charge is 0.497 e. The van der Waals surface area contributed by atoms with Crippen molar-refractivity contribution >= 4 is 6.09 Å². The van der Waals surface area contributed by atoms with Crippen LogP contribution >= 0.6 is 0 Å². The molecular formula is C15H18N2O5. The molecule has 0 bridgehead atoms. The van der Waals surface area contributed by atoms with E-state index in [0.29, 0.717) is 24.3 Å². The van der Waals surface area contributed by atoms with E-state index in [4.69, 9.17) is 19.5 Å². The molecule has 0 fully saturated rings. The van der Waals surface area contributed by atoms with Gasteiger partial charge in [0.25, 0.3) is 0 Å². The van der Waals surface area contributed by atoms with Crippen LogP contribution < -0.4 is 10.1 Å². The van der Waals surface area contributed by atoms with Crippen LogP contribution in [0.25, 0.3) is 0 Å². The molecule has 0 aliphatic carbocycles. The number of carbonyl (C=O) groups is 1. The van der Waals surface area contributed by atoms with Crippen molar-refractivity contribution in [3.05, 3.63) is 47.3 Å². The van der Waals surface area contributed by atoms with E-state index in [1.807, 2.05) is 24.3 Å². The van der Waals surface area contributed by atoms with Crippen molar-refractivity contribution in [3.63, 3.8) is 0 Å². The van der Waals surface area contributed by atoms with Crippen LogP contribution in [0.4, 0.5) is 4.79 Å². The fourth-order valence-electron chi connectivity index (χ4n) is 2.09. The molecule has 0 unspecified atom stereocenters. The molecule has 2 aromatic rings. The molecule has 22 heavy (non-hydrogen) atoms. The van der Waals surface area contributed by atoms with Gasteiger partial charge in [0.05, 0.1) is 18.8 Å². The molecule has 1 atom stereocenters. The Morgan fingerprint density at radius 3 is 2.73 bits per heavy atom. The number of nitrogens with one attached hydrogen (secondary N) is 1. The van der Waals surface area contributed by atoms with Crippen molar-refractivity contribution < 1.29 is 24.3 Å². The van der Waals surface area contributed by atoms with E-state index in [9.17, 15) is 4.79 Å². The van der Waals surface area contributed by atoms with Crippen LogP contribution in [0.15, 0.2) is 34.9 Å². The number of methoxy groups -OCH3 is 1. The average molecular weight is 306 g/mol. The maximum Gasteiger partial charge on any atom is 0.405 e. The van der Waals surface area contributed by atoms with Crippen LogP contribution in [0.2, 0.25) is 0 Å². The Bertz CT molecular complexity index is 609. The van der Waals surface area contributed by atoms with E-state index in [-0.39, 0.29) is 6.61 Å². The van der Waals surface area contributed by atoms with Gasteiger partial charge in [0.2, 0.25) is 0 Å². The summed E-state index contributed by atoms with van der Waals surface area (Å²) >= 11 is 0. The van der Waals surface area contributed by atoms with E-state index in [2.05, 4.69) is 10.5 Å². The summed E-state index contributed by atoms with van der Waals surface area (Å²) in [5, 5.41) is 24.1. The molecule has 3 N–H and O–H groups in total. The van der Waals surface area contributed by atoms with Gasteiger partial charge in [-0.25, -0.2) is 4.79 Å². The van der Waals surface area contributed by atoms with Crippen LogP contribution in [0.3, 0.4) is 0 Å². The number of hydrogen-bond donors (Lipinski definition) is 3. The molecule has 1 heterocycles. The molecule has 0 saturated carbocycles. The Labute approximate surface area is 127 Å². The first-order valence-corrected chi connectivity index (χ1v) is 6.81. The number of aliphatic hydroxyl groups excluding tert-OH is 1. The van der Waals surface area contributed by atoms with Crippen molar-refractivity contribution in [3.8, 4) is 5.75 Å². The van der Waals surface area contributed by atoms with Crippen molar-refractivity contribution in [1.29, 1.82) is 0 Å². The van der Waals surface area contributed by atoms with Crippen molar-refractivity contribution in [1.82, 2.24) is 10.5 Å². The molecule has 7 nitrogen and oxygen atoms in total. The lowest BCUT2D eigenvalue weighted by Gasteiger charge is -2.14. The van der Waals surface area contributed by atoms with E-state index in [0.717, 1.165) is 11.3 Å². The van der Waals surface area contributed by atoms with Gasteiger partial charge in [0.15, 0.2) is 5.76 Å². The maximum atomic E-state index is 11.0. The first kappa shape index (κ1) is 15.8.